The smallest absolute Gasteiger partial charge is 0.0991 e. The average Bonchev–Trinajstić information content (AvgIpc) is 2.27. The Balaban J connectivity index is 2.52. The Morgan fingerprint density at radius 1 is 1.31 bits per heavy atom. The van der Waals surface area contributed by atoms with E-state index < -0.39 is 0 Å². The molecule has 0 aromatic heterocycles. The van der Waals surface area contributed by atoms with Crippen LogP contribution in [0.5, 0.6) is 0 Å². The molecule has 0 saturated carbocycles. The summed E-state index contributed by atoms with van der Waals surface area (Å²) in [5, 5.41) is 12.1. The van der Waals surface area contributed by atoms with E-state index in [1.165, 1.54) is 5.56 Å². The van der Waals surface area contributed by atoms with Crippen LogP contribution in [-0.4, -0.2) is 19.3 Å². The van der Waals surface area contributed by atoms with E-state index in [1.54, 1.807) is 7.11 Å². The van der Waals surface area contributed by atoms with Gasteiger partial charge >= 0.3 is 0 Å². The van der Waals surface area contributed by atoms with E-state index >= 15 is 0 Å². The van der Waals surface area contributed by atoms with Gasteiger partial charge in [-0.05, 0) is 31.5 Å². The molecule has 1 rings (SSSR count). The molecule has 1 N–H and O–H groups in total. The van der Waals surface area contributed by atoms with Gasteiger partial charge in [-0.2, -0.15) is 5.26 Å². The Morgan fingerprint density at radius 3 is 2.44 bits per heavy atom. The molecule has 0 bridgehead atoms. The number of nitrogens with one attached hydrogen (secondary N) is 1. The Morgan fingerprint density at radius 2 is 1.94 bits per heavy atom. The Kier molecular flexibility index (Phi) is 4.48. The maximum absolute atomic E-state index is 8.68. The first-order chi connectivity index (χ1) is 7.57. The standard InChI is InChI=1S/C13H18N2O/c1-13(2,10-16-3)15-9-12-6-4-11(8-14)5-7-12/h4-7,15H,9-10H2,1-3H3. The SMILES string of the molecule is COCC(C)(C)NCc1ccc(C#N)cc1. The van der Waals surface area contributed by atoms with Crippen molar-refractivity contribution in [3.05, 3.63) is 35.4 Å². The van der Waals surface area contributed by atoms with Gasteiger partial charge in [-0.15, -0.1) is 0 Å². The summed E-state index contributed by atoms with van der Waals surface area (Å²) >= 11 is 0. The number of hydrogen-bond acceptors (Lipinski definition) is 3. The maximum atomic E-state index is 8.68. The number of nitriles is 1. The van der Waals surface area contributed by atoms with E-state index in [2.05, 4.69) is 25.2 Å². The van der Waals surface area contributed by atoms with E-state index in [9.17, 15) is 0 Å². The van der Waals surface area contributed by atoms with Gasteiger partial charge in [0.15, 0.2) is 0 Å². The van der Waals surface area contributed by atoms with Crippen LogP contribution in [-0.2, 0) is 11.3 Å². The molecule has 3 nitrogen and oxygen atoms in total. The summed E-state index contributed by atoms with van der Waals surface area (Å²) in [6.07, 6.45) is 0. The molecule has 3 heteroatoms. The first-order valence-corrected chi connectivity index (χ1v) is 5.30. The van der Waals surface area contributed by atoms with Crippen LogP contribution >= 0.6 is 0 Å². The van der Waals surface area contributed by atoms with Gasteiger partial charge in [0.05, 0.1) is 18.2 Å². The van der Waals surface area contributed by atoms with Crippen molar-refractivity contribution in [2.75, 3.05) is 13.7 Å². The molecule has 0 saturated heterocycles. The Hall–Kier alpha value is -1.37. The molecular formula is C13H18N2O. The van der Waals surface area contributed by atoms with Crippen LogP contribution in [0.4, 0.5) is 0 Å². The lowest BCUT2D eigenvalue weighted by molar-refractivity contribution is 0.128. The summed E-state index contributed by atoms with van der Waals surface area (Å²) in [6, 6.07) is 9.71. The van der Waals surface area contributed by atoms with Crippen LogP contribution in [0.1, 0.15) is 25.0 Å². The Bertz CT molecular complexity index is 363. The minimum Gasteiger partial charge on any atom is -0.383 e. The third kappa shape index (κ3) is 4.01. The number of methoxy groups -OCH3 is 1. The van der Waals surface area contributed by atoms with Crippen molar-refractivity contribution in [2.45, 2.75) is 25.9 Å². The lowest BCUT2D eigenvalue weighted by Crippen LogP contribution is -2.42. The van der Waals surface area contributed by atoms with E-state index in [0.29, 0.717) is 12.2 Å². The van der Waals surface area contributed by atoms with Crippen LogP contribution < -0.4 is 5.32 Å². The zero-order valence-electron chi connectivity index (χ0n) is 10.1. The van der Waals surface area contributed by atoms with Gasteiger partial charge in [-0.25, -0.2) is 0 Å². The average molecular weight is 218 g/mol. The van der Waals surface area contributed by atoms with Gasteiger partial charge in [0, 0.05) is 19.2 Å². The normalized spacial score (nSPS) is 11.1. The van der Waals surface area contributed by atoms with Crippen LogP contribution in [0.2, 0.25) is 0 Å². The highest BCUT2D eigenvalue weighted by Gasteiger charge is 2.15. The summed E-state index contributed by atoms with van der Waals surface area (Å²) in [4.78, 5) is 0. The van der Waals surface area contributed by atoms with Gasteiger partial charge in [0.1, 0.15) is 0 Å². The second kappa shape index (κ2) is 5.64. The van der Waals surface area contributed by atoms with Crippen LogP contribution in [0, 0.1) is 11.3 Å². The van der Waals surface area contributed by atoms with E-state index in [1.807, 2.05) is 24.3 Å². The quantitative estimate of drug-likeness (QED) is 0.823. The first kappa shape index (κ1) is 12.7. The number of rotatable bonds is 5. The molecule has 0 aliphatic heterocycles. The molecule has 0 aliphatic carbocycles. The van der Waals surface area contributed by atoms with Crippen molar-refractivity contribution < 1.29 is 4.74 Å². The third-order valence-corrected chi connectivity index (χ3v) is 2.36. The molecule has 0 unspecified atom stereocenters. The van der Waals surface area contributed by atoms with Crippen molar-refractivity contribution in [3.63, 3.8) is 0 Å². The first-order valence-electron chi connectivity index (χ1n) is 5.30. The molecule has 16 heavy (non-hydrogen) atoms. The van der Waals surface area contributed by atoms with Gasteiger partial charge in [-0.3, -0.25) is 0 Å². The second-order valence-corrected chi connectivity index (χ2v) is 4.48. The van der Waals surface area contributed by atoms with Crippen LogP contribution in [0.15, 0.2) is 24.3 Å². The number of benzene rings is 1. The summed E-state index contributed by atoms with van der Waals surface area (Å²) in [5.41, 5.74) is 1.82. The van der Waals surface area contributed by atoms with Crippen molar-refractivity contribution in [1.29, 1.82) is 5.26 Å². The predicted octanol–water partition coefficient (Wildman–Crippen LogP) is 2.07. The second-order valence-electron chi connectivity index (χ2n) is 4.48. The summed E-state index contributed by atoms with van der Waals surface area (Å²) in [6.45, 7) is 5.64. The Labute approximate surface area is 97.0 Å². The molecule has 0 heterocycles. The molecule has 0 atom stereocenters. The van der Waals surface area contributed by atoms with Crippen molar-refractivity contribution in [1.82, 2.24) is 5.32 Å². The number of ether oxygens (including phenoxy) is 1. The van der Waals surface area contributed by atoms with Gasteiger partial charge in [-0.1, -0.05) is 12.1 Å². The van der Waals surface area contributed by atoms with Crippen molar-refractivity contribution >= 4 is 0 Å². The van der Waals surface area contributed by atoms with Gasteiger partial charge in [0.25, 0.3) is 0 Å². The predicted molar refractivity (Wildman–Crippen MR) is 64.0 cm³/mol. The fraction of sp³-hybridized carbons (Fsp3) is 0.462. The van der Waals surface area contributed by atoms with Gasteiger partial charge < -0.3 is 10.1 Å². The molecule has 0 amide bonds. The summed E-state index contributed by atoms with van der Waals surface area (Å²) < 4.78 is 5.13. The lowest BCUT2D eigenvalue weighted by Gasteiger charge is -2.25. The number of hydrogen-bond donors (Lipinski definition) is 1. The lowest BCUT2D eigenvalue weighted by atomic mass is 10.1. The maximum Gasteiger partial charge on any atom is 0.0991 e. The molecule has 86 valence electrons. The summed E-state index contributed by atoms with van der Waals surface area (Å²) in [5.74, 6) is 0. The largest absolute Gasteiger partial charge is 0.383 e. The third-order valence-electron chi connectivity index (χ3n) is 2.36. The van der Waals surface area contributed by atoms with Gasteiger partial charge in [0.2, 0.25) is 0 Å². The van der Waals surface area contributed by atoms with Crippen molar-refractivity contribution in [3.8, 4) is 6.07 Å². The minimum atomic E-state index is -0.0390. The molecule has 0 radical (unpaired) electrons. The molecule has 1 aromatic rings. The molecule has 0 fully saturated rings. The number of nitrogens with zero attached hydrogens (tertiary/aromatic N) is 1. The highest BCUT2D eigenvalue weighted by atomic mass is 16.5. The van der Waals surface area contributed by atoms with Crippen LogP contribution in [0.3, 0.4) is 0 Å². The van der Waals surface area contributed by atoms with Crippen LogP contribution in [0.25, 0.3) is 0 Å². The topological polar surface area (TPSA) is 45.0 Å². The van der Waals surface area contributed by atoms with Crippen molar-refractivity contribution in [2.24, 2.45) is 0 Å². The fourth-order valence-corrected chi connectivity index (χ4v) is 1.45. The van der Waals surface area contributed by atoms with E-state index in [-0.39, 0.29) is 5.54 Å². The molecule has 0 spiro atoms. The zero-order chi connectivity index (χ0) is 12.0. The highest BCUT2D eigenvalue weighted by Crippen LogP contribution is 2.07. The zero-order valence-corrected chi connectivity index (χ0v) is 10.1. The summed E-state index contributed by atoms with van der Waals surface area (Å²) in [7, 11) is 1.70. The molecule has 1 aromatic carbocycles. The fourth-order valence-electron chi connectivity index (χ4n) is 1.45. The highest BCUT2D eigenvalue weighted by molar-refractivity contribution is 5.31. The monoisotopic (exact) mass is 218 g/mol. The minimum absolute atomic E-state index is 0.0390. The molecule has 0 aliphatic rings. The van der Waals surface area contributed by atoms with E-state index in [4.69, 9.17) is 10.00 Å². The van der Waals surface area contributed by atoms with E-state index in [0.717, 1.165) is 6.54 Å². The molecular weight excluding hydrogens is 200 g/mol.